The Balaban J connectivity index is 1.71. The topological polar surface area (TPSA) is 70.1 Å². The molecule has 0 aliphatic carbocycles. The highest BCUT2D eigenvalue weighted by molar-refractivity contribution is 5.88. The molecule has 2 amide bonds. The van der Waals surface area contributed by atoms with Crippen LogP contribution in [0.2, 0.25) is 0 Å². The van der Waals surface area contributed by atoms with Crippen molar-refractivity contribution in [3.8, 4) is 0 Å². The number of rotatable bonds is 1. The first-order valence-corrected chi connectivity index (χ1v) is 7.12. The first-order valence-electron chi connectivity index (χ1n) is 7.12. The van der Waals surface area contributed by atoms with Crippen LogP contribution < -0.4 is 0 Å². The summed E-state index contributed by atoms with van der Waals surface area (Å²) in [4.78, 5) is 27.1. The summed E-state index contributed by atoms with van der Waals surface area (Å²) < 4.78 is 5.36. The van der Waals surface area contributed by atoms with Crippen molar-refractivity contribution in [2.45, 2.75) is 19.5 Å². The Bertz CT molecular complexity index is 565. The van der Waals surface area contributed by atoms with Crippen LogP contribution in [0.3, 0.4) is 0 Å². The Labute approximate surface area is 122 Å². The van der Waals surface area contributed by atoms with E-state index in [1.165, 1.54) is 0 Å². The first-order chi connectivity index (χ1) is 10.1. The van der Waals surface area contributed by atoms with E-state index < -0.39 is 5.97 Å². The Morgan fingerprint density at radius 2 is 1.86 bits per heavy atom. The molecule has 1 fully saturated rings. The molecule has 2 aliphatic heterocycles. The van der Waals surface area contributed by atoms with E-state index in [1.807, 2.05) is 4.90 Å². The van der Waals surface area contributed by atoms with Gasteiger partial charge in [-0.3, -0.25) is 0 Å². The third kappa shape index (κ3) is 2.85. The lowest BCUT2D eigenvalue weighted by Gasteiger charge is -2.26. The number of carboxylic acids is 1. The maximum absolute atomic E-state index is 12.5. The van der Waals surface area contributed by atoms with Gasteiger partial charge in [-0.25, -0.2) is 9.59 Å². The average Bonchev–Trinajstić information content (AvgIpc) is 2.71. The number of fused-ring (bicyclic) bond motifs is 1. The molecular weight excluding hydrogens is 272 g/mol. The normalized spacial score (nSPS) is 18.3. The molecule has 0 bridgehead atoms. The Morgan fingerprint density at radius 1 is 1.05 bits per heavy atom. The minimum Gasteiger partial charge on any atom is -0.478 e. The van der Waals surface area contributed by atoms with Gasteiger partial charge in [0.2, 0.25) is 0 Å². The van der Waals surface area contributed by atoms with Crippen LogP contribution in [0.1, 0.15) is 27.9 Å². The van der Waals surface area contributed by atoms with Gasteiger partial charge in [-0.15, -0.1) is 0 Å². The maximum Gasteiger partial charge on any atom is 0.335 e. The van der Waals surface area contributed by atoms with Gasteiger partial charge in [0.15, 0.2) is 0 Å². The lowest BCUT2D eigenvalue weighted by molar-refractivity contribution is 0.0696. The van der Waals surface area contributed by atoms with E-state index >= 15 is 0 Å². The van der Waals surface area contributed by atoms with Crippen molar-refractivity contribution in [2.24, 2.45) is 0 Å². The number of carbonyl (C=O) groups is 2. The molecule has 3 rings (SSSR count). The number of carboxylic acid groups (broad SMARTS) is 1. The molecule has 0 radical (unpaired) electrons. The number of nitrogens with zero attached hydrogens (tertiary/aromatic N) is 2. The number of hydrogen-bond donors (Lipinski definition) is 1. The van der Waals surface area contributed by atoms with Gasteiger partial charge in [0, 0.05) is 32.8 Å². The van der Waals surface area contributed by atoms with E-state index in [9.17, 15) is 9.59 Å². The second-order valence-corrected chi connectivity index (χ2v) is 5.38. The van der Waals surface area contributed by atoms with Gasteiger partial charge in [0.1, 0.15) is 0 Å². The van der Waals surface area contributed by atoms with Gasteiger partial charge in [0.05, 0.1) is 12.2 Å². The molecule has 0 aromatic heterocycles. The van der Waals surface area contributed by atoms with Crippen molar-refractivity contribution < 1.29 is 19.4 Å². The van der Waals surface area contributed by atoms with Crippen LogP contribution in [-0.4, -0.2) is 53.2 Å². The van der Waals surface area contributed by atoms with Crippen LogP contribution in [0.15, 0.2) is 18.2 Å². The van der Waals surface area contributed by atoms with Gasteiger partial charge in [-0.1, -0.05) is 6.07 Å². The molecule has 0 atom stereocenters. The van der Waals surface area contributed by atoms with Gasteiger partial charge in [0.25, 0.3) is 0 Å². The number of amides is 2. The molecule has 6 heteroatoms. The SMILES string of the molecule is O=C(O)c1ccc2c(c1)CN(C(=O)N1CCCOCC1)C2. The van der Waals surface area contributed by atoms with Crippen molar-refractivity contribution in [1.29, 1.82) is 0 Å². The van der Waals surface area contributed by atoms with Gasteiger partial charge in [-0.05, 0) is 29.7 Å². The van der Waals surface area contributed by atoms with E-state index in [0.29, 0.717) is 39.4 Å². The predicted octanol–water partition coefficient (Wildman–Crippen LogP) is 1.54. The fourth-order valence-corrected chi connectivity index (χ4v) is 2.80. The minimum atomic E-state index is -0.938. The first kappa shape index (κ1) is 13.9. The zero-order chi connectivity index (χ0) is 14.8. The molecule has 0 saturated carbocycles. The summed E-state index contributed by atoms with van der Waals surface area (Å²) in [7, 11) is 0. The summed E-state index contributed by atoms with van der Waals surface area (Å²) in [6.07, 6.45) is 0.857. The van der Waals surface area contributed by atoms with Crippen LogP contribution in [0.5, 0.6) is 0 Å². The number of hydrogen-bond acceptors (Lipinski definition) is 3. The lowest BCUT2D eigenvalue weighted by atomic mass is 10.1. The van der Waals surface area contributed by atoms with Crippen LogP contribution in [0.25, 0.3) is 0 Å². The van der Waals surface area contributed by atoms with Crippen LogP contribution >= 0.6 is 0 Å². The van der Waals surface area contributed by atoms with Crippen molar-refractivity contribution in [3.05, 3.63) is 34.9 Å². The molecule has 112 valence electrons. The smallest absolute Gasteiger partial charge is 0.335 e. The number of urea groups is 1. The lowest BCUT2D eigenvalue weighted by Crippen LogP contribution is -2.41. The molecule has 0 spiro atoms. The zero-order valence-electron chi connectivity index (χ0n) is 11.7. The number of benzene rings is 1. The Hall–Kier alpha value is -2.08. The van der Waals surface area contributed by atoms with Crippen molar-refractivity contribution in [2.75, 3.05) is 26.3 Å². The molecule has 0 unspecified atom stereocenters. The van der Waals surface area contributed by atoms with Crippen LogP contribution in [-0.2, 0) is 17.8 Å². The van der Waals surface area contributed by atoms with Crippen molar-refractivity contribution in [1.82, 2.24) is 9.80 Å². The molecule has 1 saturated heterocycles. The molecule has 21 heavy (non-hydrogen) atoms. The highest BCUT2D eigenvalue weighted by Crippen LogP contribution is 2.25. The average molecular weight is 290 g/mol. The van der Waals surface area contributed by atoms with Gasteiger partial charge >= 0.3 is 12.0 Å². The highest BCUT2D eigenvalue weighted by Gasteiger charge is 2.28. The second kappa shape index (κ2) is 5.73. The number of carbonyl (C=O) groups excluding carboxylic acids is 1. The molecule has 2 aliphatic rings. The fourth-order valence-electron chi connectivity index (χ4n) is 2.80. The monoisotopic (exact) mass is 290 g/mol. The van der Waals surface area contributed by atoms with Gasteiger partial charge < -0.3 is 19.6 Å². The minimum absolute atomic E-state index is 0.00794. The highest BCUT2D eigenvalue weighted by atomic mass is 16.5. The van der Waals surface area contributed by atoms with Gasteiger partial charge in [-0.2, -0.15) is 0 Å². The third-order valence-electron chi connectivity index (χ3n) is 3.94. The van der Waals surface area contributed by atoms with Crippen molar-refractivity contribution >= 4 is 12.0 Å². The largest absolute Gasteiger partial charge is 0.478 e. The summed E-state index contributed by atoms with van der Waals surface area (Å²) in [6, 6.07) is 5.07. The number of ether oxygens (including phenoxy) is 1. The maximum atomic E-state index is 12.5. The van der Waals surface area contributed by atoms with Crippen LogP contribution in [0.4, 0.5) is 4.79 Å². The summed E-state index contributed by atoms with van der Waals surface area (Å²) in [5, 5.41) is 9.02. The summed E-state index contributed by atoms with van der Waals surface area (Å²) in [5.74, 6) is -0.938. The quantitative estimate of drug-likeness (QED) is 0.852. The molecule has 1 aromatic carbocycles. The predicted molar refractivity (Wildman–Crippen MR) is 75.1 cm³/mol. The second-order valence-electron chi connectivity index (χ2n) is 5.38. The fraction of sp³-hybridized carbons (Fsp3) is 0.467. The molecule has 1 aromatic rings. The van der Waals surface area contributed by atoms with E-state index in [4.69, 9.17) is 9.84 Å². The van der Waals surface area contributed by atoms with Crippen molar-refractivity contribution in [3.63, 3.8) is 0 Å². The molecular formula is C15H18N2O4. The zero-order valence-corrected chi connectivity index (χ0v) is 11.7. The molecule has 6 nitrogen and oxygen atoms in total. The van der Waals surface area contributed by atoms with E-state index in [-0.39, 0.29) is 11.6 Å². The van der Waals surface area contributed by atoms with E-state index in [1.54, 1.807) is 23.1 Å². The molecule has 1 N–H and O–H groups in total. The number of aromatic carboxylic acids is 1. The summed E-state index contributed by atoms with van der Waals surface area (Å²) in [6.45, 7) is 3.64. The third-order valence-corrected chi connectivity index (χ3v) is 3.94. The summed E-state index contributed by atoms with van der Waals surface area (Å²) in [5.41, 5.74) is 2.22. The molecule has 2 heterocycles. The summed E-state index contributed by atoms with van der Waals surface area (Å²) >= 11 is 0. The Kier molecular flexibility index (Phi) is 3.79. The standard InChI is InChI=1S/C15H18N2O4/c18-14(19)11-2-3-12-9-17(10-13(12)8-11)15(20)16-4-1-6-21-7-5-16/h2-3,8H,1,4-7,9-10H2,(H,18,19). The Morgan fingerprint density at radius 3 is 2.67 bits per heavy atom. The van der Waals surface area contributed by atoms with E-state index in [2.05, 4.69) is 0 Å². The van der Waals surface area contributed by atoms with E-state index in [0.717, 1.165) is 17.5 Å². The van der Waals surface area contributed by atoms with Crippen LogP contribution in [0, 0.1) is 0 Å².